The van der Waals surface area contributed by atoms with Gasteiger partial charge in [-0.1, -0.05) is 0 Å². The normalized spacial score (nSPS) is 13.7. The van der Waals surface area contributed by atoms with Crippen molar-refractivity contribution in [3.63, 3.8) is 0 Å². The lowest BCUT2D eigenvalue weighted by Crippen LogP contribution is -2.34. The van der Waals surface area contributed by atoms with E-state index in [1.54, 1.807) is 9.58 Å². The molecule has 3 rings (SSSR count). The first kappa shape index (κ1) is 22.3. The molecular weight excluding hydrogens is 392 g/mol. The molecule has 1 amide bonds. The summed E-state index contributed by atoms with van der Waals surface area (Å²) >= 11 is 0. The summed E-state index contributed by atoms with van der Waals surface area (Å²) in [5, 5.41) is 4.27. The number of aryl methyl sites for hydroxylation is 1. The number of aromatic nitrogens is 2. The molecule has 1 aromatic carbocycles. The number of nitrogens with zero attached hydrogens (tertiary/aromatic N) is 3. The summed E-state index contributed by atoms with van der Waals surface area (Å²) in [6.45, 7) is 0.884. The van der Waals surface area contributed by atoms with Crippen molar-refractivity contribution in [1.82, 2.24) is 14.7 Å². The molecule has 1 aliphatic rings. The Labute approximate surface area is 161 Å². The Balaban J connectivity index is 0.00000169. The van der Waals surface area contributed by atoms with Crippen molar-refractivity contribution in [2.24, 2.45) is 12.8 Å². The minimum absolute atomic E-state index is 0. The van der Waals surface area contributed by atoms with Crippen molar-refractivity contribution in [2.75, 3.05) is 0 Å². The van der Waals surface area contributed by atoms with E-state index in [1.807, 2.05) is 13.2 Å². The largest absolute Gasteiger partial charge is 0.332 e. The van der Waals surface area contributed by atoms with E-state index in [9.17, 15) is 18.0 Å². The molecule has 144 valence electrons. The molecule has 0 unspecified atom stereocenters. The number of hydrogen-bond acceptors (Lipinski definition) is 3. The van der Waals surface area contributed by atoms with E-state index < -0.39 is 23.5 Å². The quantitative estimate of drug-likeness (QED) is 0.787. The van der Waals surface area contributed by atoms with Crippen molar-refractivity contribution in [3.8, 4) is 0 Å². The van der Waals surface area contributed by atoms with Crippen molar-refractivity contribution >= 4 is 30.7 Å². The Morgan fingerprint density at radius 3 is 2.50 bits per heavy atom. The van der Waals surface area contributed by atoms with Crippen LogP contribution in [-0.2, 0) is 31.4 Å². The zero-order valence-electron chi connectivity index (χ0n) is 13.9. The maximum absolute atomic E-state index is 13.6. The number of amides is 1. The van der Waals surface area contributed by atoms with Gasteiger partial charge >= 0.3 is 0 Å². The third-order valence-corrected chi connectivity index (χ3v) is 4.05. The van der Waals surface area contributed by atoms with Crippen LogP contribution in [0.4, 0.5) is 13.2 Å². The minimum Gasteiger partial charge on any atom is -0.332 e. The fourth-order valence-corrected chi connectivity index (χ4v) is 2.90. The molecule has 0 bridgehead atoms. The molecule has 0 saturated carbocycles. The molecule has 10 heteroatoms. The molecule has 1 atom stereocenters. The molecule has 0 saturated heterocycles. The molecule has 0 aliphatic carbocycles. The van der Waals surface area contributed by atoms with Crippen LogP contribution in [-0.4, -0.2) is 26.6 Å². The van der Waals surface area contributed by atoms with Gasteiger partial charge in [0.2, 0.25) is 5.91 Å². The van der Waals surface area contributed by atoms with Gasteiger partial charge < -0.3 is 10.6 Å². The van der Waals surface area contributed by atoms with E-state index in [0.29, 0.717) is 19.2 Å². The first-order chi connectivity index (χ1) is 11.3. The number of halogens is 5. The van der Waals surface area contributed by atoms with E-state index in [0.717, 1.165) is 17.3 Å². The highest BCUT2D eigenvalue weighted by molar-refractivity contribution is 5.85. The standard InChI is InChI=1S/C16H17F3N4O.2ClH/c1-22-6-10-7-23(8-15(10)21-22)16(24)4-11(20)2-9-3-13(18)14(19)5-12(9)17;;/h3,5-6,11H,2,4,7-8,20H2,1H3;2*1H/t11-;;/m1../s1. The van der Waals surface area contributed by atoms with E-state index in [4.69, 9.17) is 5.73 Å². The molecule has 5 nitrogen and oxygen atoms in total. The van der Waals surface area contributed by atoms with Crippen LogP contribution in [0.25, 0.3) is 0 Å². The predicted octanol–water partition coefficient (Wildman–Crippen LogP) is 2.48. The van der Waals surface area contributed by atoms with Crippen LogP contribution in [0.1, 0.15) is 23.2 Å². The minimum atomic E-state index is -1.25. The van der Waals surface area contributed by atoms with Crippen LogP contribution in [0.2, 0.25) is 0 Å². The Morgan fingerprint density at radius 2 is 1.85 bits per heavy atom. The number of fused-ring (bicyclic) bond motifs is 1. The van der Waals surface area contributed by atoms with Gasteiger partial charge in [-0.2, -0.15) is 5.10 Å². The topological polar surface area (TPSA) is 64.2 Å². The van der Waals surface area contributed by atoms with Crippen LogP contribution in [0, 0.1) is 17.5 Å². The second kappa shape index (κ2) is 8.75. The Morgan fingerprint density at radius 1 is 1.19 bits per heavy atom. The number of benzene rings is 1. The van der Waals surface area contributed by atoms with Gasteiger partial charge in [0.05, 0.1) is 12.2 Å². The lowest BCUT2D eigenvalue weighted by molar-refractivity contribution is -0.132. The van der Waals surface area contributed by atoms with Gasteiger partial charge in [-0.05, 0) is 18.1 Å². The van der Waals surface area contributed by atoms with Crippen LogP contribution in [0.5, 0.6) is 0 Å². The van der Waals surface area contributed by atoms with Gasteiger partial charge in [-0.25, -0.2) is 13.2 Å². The highest BCUT2D eigenvalue weighted by Gasteiger charge is 2.27. The van der Waals surface area contributed by atoms with Crippen molar-refractivity contribution in [2.45, 2.75) is 32.0 Å². The summed E-state index contributed by atoms with van der Waals surface area (Å²) < 4.78 is 41.5. The van der Waals surface area contributed by atoms with Gasteiger partial charge in [0.25, 0.3) is 0 Å². The van der Waals surface area contributed by atoms with E-state index in [2.05, 4.69) is 5.10 Å². The van der Waals surface area contributed by atoms with Gasteiger partial charge in [0, 0.05) is 43.9 Å². The molecule has 26 heavy (non-hydrogen) atoms. The van der Waals surface area contributed by atoms with Gasteiger partial charge in [-0.3, -0.25) is 9.48 Å². The summed E-state index contributed by atoms with van der Waals surface area (Å²) in [5.41, 5.74) is 7.69. The summed E-state index contributed by atoms with van der Waals surface area (Å²) in [4.78, 5) is 13.9. The third kappa shape index (κ3) is 4.69. The number of carbonyl (C=O) groups is 1. The van der Waals surface area contributed by atoms with Crippen molar-refractivity contribution < 1.29 is 18.0 Å². The maximum Gasteiger partial charge on any atom is 0.224 e. The van der Waals surface area contributed by atoms with Gasteiger partial charge in [0.15, 0.2) is 11.6 Å². The van der Waals surface area contributed by atoms with Crippen LogP contribution in [0.3, 0.4) is 0 Å². The molecule has 0 radical (unpaired) electrons. The van der Waals surface area contributed by atoms with Crippen molar-refractivity contribution in [1.29, 1.82) is 0 Å². The van der Waals surface area contributed by atoms with E-state index >= 15 is 0 Å². The zero-order valence-corrected chi connectivity index (χ0v) is 15.5. The number of rotatable bonds is 4. The molecule has 2 heterocycles. The van der Waals surface area contributed by atoms with E-state index in [1.165, 1.54) is 0 Å². The molecule has 2 aromatic rings. The molecule has 0 fully saturated rings. The number of nitrogens with two attached hydrogens (primary N) is 1. The van der Waals surface area contributed by atoms with Crippen LogP contribution in [0.15, 0.2) is 18.3 Å². The van der Waals surface area contributed by atoms with E-state index in [-0.39, 0.29) is 49.1 Å². The Kier molecular flexibility index (Phi) is 7.49. The summed E-state index contributed by atoms with van der Waals surface area (Å²) in [5.74, 6) is -3.42. The molecular formula is C16H19Cl2F3N4O. The SMILES string of the molecule is Cl.Cl.Cn1cc2c(n1)CN(C(=O)C[C@H](N)Cc1cc(F)c(F)cc1F)C2. The highest BCUT2D eigenvalue weighted by atomic mass is 35.5. The first-order valence-electron chi connectivity index (χ1n) is 7.51. The Hall–Kier alpha value is -1.77. The zero-order chi connectivity index (χ0) is 17.4. The van der Waals surface area contributed by atoms with Crippen LogP contribution >= 0.6 is 24.8 Å². The van der Waals surface area contributed by atoms with Crippen molar-refractivity contribution in [3.05, 3.63) is 52.6 Å². The molecule has 0 spiro atoms. The lowest BCUT2D eigenvalue weighted by Gasteiger charge is -2.19. The third-order valence-electron chi connectivity index (χ3n) is 4.05. The summed E-state index contributed by atoms with van der Waals surface area (Å²) in [6.07, 6.45) is 1.81. The summed E-state index contributed by atoms with van der Waals surface area (Å²) in [6, 6.07) is 0.586. The second-order valence-corrected chi connectivity index (χ2v) is 6.05. The van der Waals surface area contributed by atoms with Crippen LogP contribution < -0.4 is 5.73 Å². The lowest BCUT2D eigenvalue weighted by atomic mass is 10.0. The maximum atomic E-state index is 13.6. The van der Waals surface area contributed by atoms with Gasteiger partial charge in [-0.15, -0.1) is 24.8 Å². The predicted molar refractivity (Wildman–Crippen MR) is 94.6 cm³/mol. The first-order valence-corrected chi connectivity index (χ1v) is 7.51. The fourth-order valence-electron chi connectivity index (χ4n) is 2.90. The molecule has 1 aromatic heterocycles. The molecule has 1 aliphatic heterocycles. The fraction of sp³-hybridized carbons (Fsp3) is 0.375. The van der Waals surface area contributed by atoms with Gasteiger partial charge in [0.1, 0.15) is 5.82 Å². The number of hydrogen-bond donors (Lipinski definition) is 1. The smallest absolute Gasteiger partial charge is 0.224 e. The highest BCUT2D eigenvalue weighted by Crippen LogP contribution is 2.22. The molecule has 2 N–H and O–H groups in total. The summed E-state index contributed by atoms with van der Waals surface area (Å²) in [7, 11) is 1.82. The average molecular weight is 411 g/mol. The second-order valence-electron chi connectivity index (χ2n) is 6.05. The number of carbonyl (C=O) groups excluding carboxylic acids is 1. The average Bonchev–Trinajstić information content (AvgIpc) is 3.01. The monoisotopic (exact) mass is 410 g/mol. The Bertz CT molecular complexity index is 777.